The van der Waals surface area contributed by atoms with Crippen molar-refractivity contribution in [2.24, 2.45) is 0 Å². The summed E-state index contributed by atoms with van der Waals surface area (Å²) in [4.78, 5) is 14.2. The number of carbonyl (C=O) groups is 1. The van der Waals surface area contributed by atoms with Crippen LogP contribution in [0.15, 0.2) is 30.3 Å². The molecule has 1 amide bonds. The Morgan fingerprint density at radius 1 is 1.26 bits per heavy atom. The molecule has 6 heteroatoms. The van der Waals surface area contributed by atoms with Crippen molar-refractivity contribution in [3.63, 3.8) is 0 Å². The molecule has 128 valence electrons. The van der Waals surface area contributed by atoms with Crippen molar-refractivity contribution in [1.82, 2.24) is 4.90 Å². The summed E-state index contributed by atoms with van der Waals surface area (Å²) in [6, 6.07) is 9.30. The van der Waals surface area contributed by atoms with E-state index in [1.54, 1.807) is 0 Å². The van der Waals surface area contributed by atoms with E-state index in [4.69, 9.17) is 0 Å². The number of benzene rings is 1. The zero-order valence-electron chi connectivity index (χ0n) is 13.1. The van der Waals surface area contributed by atoms with Crippen molar-refractivity contribution in [2.45, 2.75) is 50.3 Å². The Labute approximate surface area is 134 Å². The monoisotopic (exact) mass is 329 g/mol. The highest BCUT2D eigenvalue weighted by Crippen LogP contribution is 2.39. The lowest BCUT2D eigenvalue weighted by Crippen LogP contribution is -2.54. The van der Waals surface area contributed by atoms with E-state index in [0.717, 1.165) is 12.0 Å². The molecule has 1 saturated heterocycles. The average Bonchev–Trinajstić information content (AvgIpc) is 2.52. The highest BCUT2D eigenvalue weighted by molar-refractivity contribution is 5.83. The highest BCUT2D eigenvalue weighted by Gasteiger charge is 2.55. The first kappa shape index (κ1) is 17.8. The number of hydrogen-bond acceptors (Lipinski definition) is 2. The van der Waals surface area contributed by atoms with E-state index in [1.165, 1.54) is 4.90 Å². The average molecular weight is 329 g/mol. The molecule has 0 saturated carbocycles. The molecule has 0 spiro atoms. The number of halogens is 3. The third-order valence-electron chi connectivity index (χ3n) is 4.51. The molecule has 1 aliphatic heterocycles. The number of hydrogen-bond donors (Lipinski definition) is 1. The van der Waals surface area contributed by atoms with Crippen LogP contribution >= 0.6 is 0 Å². The summed E-state index contributed by atoms with van der Waals surface area (Å²) >= 11 is 0. The van der Waals surface area contributed by atoms with E-state index in [-0.39, 0.29) is 24.9 Å². The molecular weight excluding hydrogens is 307 g/mol. The van der Waals surface area contributed by atoms with Crippen LogP contribution in [-0.2, 0) is 4.79 Å². The van der Waals surface area contributed by atoms with Crippen LogP contribution in [0.2, 0.25) is 0 Å². The number of likely N-dealkylation sites (tertiary alicyclic amines) is 1. The fourth-order valence-electron chi connectivity index (χ4n) is 3.01. The second-order valence-electron chi connectivity index (χ2n) is 6.11. The minimum Gasteiger partial charge on any atom is -0.380 e. The molecule has 2 rings (SSSR count). The lowest BCUT2D eigenvalue weighted by Gasteiger charge is -2.40. The first-order chi connectivity index (χ1) is 10.8. The standard InChI is InChI=1S/C17H22F3NO2/c1-2-6-14(13-7-4-3-5-8-13)15(22)21-11-9-16(23,10-12-21)17(18,19)20/h3-5,7-8,14,23H,2,6,9-12H2,1H3. The molecule has 3 nitrogen and oxygen atoms in total. The normalized spacial score (nSPS) is 19.4. The van der Waals surface area contributed by atoms with Gasteiger partial charge in [0.1, 0.15) is 0 Å². The number of rotatable bonds is 4. The third kappa shape index (κ3) is 3.86. The van der Waals surface area contributed by atoms with Gasteiger partial charge >= 0.3 is 6.18 Å². The number of amides is 1. The van der Waals surface area contributed by atoms with Crippen LogP contribution in [0.4, 0.5) is 13.2 Å². The molecule has 0 radical (unpaired) electrons. The maximum atomic E-state index is 12.8. The zero-order valence-corrected chi connectivity index (χ0v) is 13.1. The van der Waals surface area contributed by atoms with Gasteiger partial charge in [-0.1, -0.05) is 43.7 Å². The van der Waals surface area contributed by atoms with Gasteiger partial charge in [-0.05, 0) is 12.0 Å². The van der Waals surface area contributed by atoms with Crippen molar-refractivity contribution in [3.8, 4) is 0 Å². The van der Waals surface area contributed by atoms with Gasteiger partial charge in [-0.2, -0.15) is 13.2 Å². The van der Waals surface area contributed by atoms with Crippen LogP contribution in [0, 0.1) is 0 Å². The van der Waals surface area contributed by atoms with E-state index in [2.05, 4.69) is 0 Å². The summed E-state index contributed by atoms with van der Waals surface area (Å²) in [5.41, 5.74) is -1.78. The second kappa shape index (κ2) is 6.91. The highest BCUT2D eigenvalue weighted by atomic mass is 19.4. The quantitative estimate of drug-likeness (QED) is 0.919. The van der Waals surface area contributed by atoms with Gasteiger partial charge in [-0.25, -0.2) is 0 Å². The fraction of sp³-hybridized carbons (Fsp3) is 0.588. The van der Waals surface area contributed by atoms with E-state index >= 15 is 0 Å². The molecule has 1 N–H and O–H groups in total. The first-order valence-electron chi connectivity index (χ1n) is 7.91. The smallest absolute Gasteiger partial charge is 0.380 e. The van der Waals surface area contributed by atoms with Gasteiger partial charge in [0.25, 0.3) is 0 Å². The predicted octanol–water partition coefficient (Wildman–Crippen LogP) is 3.49. The lowest BCUT2D eigenvalue weighted by molar-refractivity contribution is -0.272. The van der Waals surface area contributed by atoms with Crippen LogP contribution in [0.3, 0.4) is 0 Å². The van der Waals surface area contributed by atoms with Gasteiger partial charge in [-0.3, -0.25) is 4.79 Å². The molecule has 0 aliphatic carbocycles. The molecule has 1 heterocycles. The minimum absolute atomic E-state index is 0.0676. The van der Waals surface area contributed by atoms with Gasteiger partial charge < -0.3 is 10.0 Å². The van der Waals surface area contributed by atoms with Crippen LogP contribution in [0.25, 0.3) is 0 Å². The largest absolute Gasteiger partial charge is 0.417 e. The van der Waals surface area contributed by atoms with Crippen molar-refractivity contribution in [1.29, 1.82) is 0 Å². The van der Waals surface area contributed by atoms with E-state index in [0.29, 0.717) is 6.42 Å². The van der Waals surface area contributed by atoms with Crippen molar-refractivity contribution < 1.29 is 23.1 Å². The number of alkyl halides is 3. The van der Waals surface area contributed by atoms with Gasteiger partial charge in [0.15, 0.2) is 5.60 Å². The molecule has 0 aromatic heterocycles. The summed E-state index contributed by atoms with van der Waals surface area (Å²) in [6.07, 6.45) is -4.11. The van der Waals surface area contributed by atoms with Gasteiger partial charge in [0, 0.05) is 25.9 Å². The summed E-state index contributed by atoms with van der Waals surface area (Å²) in [6.45, 7) is 1.84. The molecule has 1 unspecified atom stereocenters. The van der Waals surface area contributed by atoms with Crippen LogP contribution in [-0.4, -0.2) is 40.8 Å². The molecule has 0 bridgehead atoms. The number of piperidine rings is 1. The van der Waals surface area contributed by atoms with Gasteiger partial charge in [0.2, 0.25) is 5.91 Å². The Kier molecular flexibility index (Phi) is 5.34. The first-order valence-corrected chi connectivity index (χ1v) is 7.91. The molecule has 1 aromatic rings. The molecule has 1 atom stereocenters. The van der Waals surface area contributed by atoms with Crippen molar-refractivity contribution >= 4 is 5.91 Å². The van der Waals surface area contributed by atoms with Crippen LogP contribution in [0.1, 0.15) is 44.1 Å². The molecule has 1 fully saturated rings. The second-order valence-corrected chi connectivity index (χ2v) is 6.11. The van der Waals surface area contributed by atoms with Crippen LogP contribution in [0.5, 0.6) is 0 Å². The van der Waals surface area contributed by atoms with Crippen molar-refractivity contribution in [2.75, 3.05) is 13.1 Å². The number of carbonyl (C=O) groups excluding carboxylic acids is 1. The number of aliphatic hydroxyl groups is 1. The predicted molar refractivity (Wildman–Crippen MR) is 80.9 cm³/mol. The molecule has 1 aliphatic rings. The Balaban J connectivity index is 2.08. The summed E-state index contributed by atoms with van der Waals surface area (Å²) in [7, 11) is 0. The lowest BCUT2D eigenvalue weighted by atomic mass is 9.88. The summed E-state index contributed by atoms with van der Waals surface area (Å²) in [5, 5.41) is 9.70. The Bertz CT molecular complexity index is 522. The third-order valence-corrected chi connectivity index (χ3v) is 4.51. The van der Waals surface area contributed by atoms with Crippen LogP contribution < -0.4 is 0 Å². The van der Waals surface area contributed by atoms with Gasteiger partial charge in [0.05, 0.1) is 5.92 Å². The SMILES string of the molecule is CCCC(C(=O)N1CCC(O)(C(F)(F)F)CC1)c1ccccc1. The topological polar surface area (TPSA) is 40.5 Å². The Morgan fingerprint density at radius 3 is 2.30 bits per heavy atom. The maximum absolute atomic E-state index is 12.8. The summed E-state index contributed by atoms with van der Waals surface area (Å²) < 4.78 is 38.5. The molecule has 23 heavy (non-hydrogen) atoms. The molecule has 1 aromatic carbocycles. The fourth-order valence-corrected chi connectivity index (χ4v) is 3.01. The van der Waals surface area contributed by atoms with E-state index in [1.807, 2.05) is 37.3 Å². The van der Waals surface area contributed by atoms with E-state index < -0.39 is 24.6 Å². The molecular formula is C17H22F3NO2. The Morgan fingerprint density at radius 2 is 1.83 bits per heavy atom. The van der Waals surface area contributed by atoms with Crippen molar-refractivity contribution in [3.05, 3.63) is 35.9 Å². The maximum Gasteiger partial charge on any atom is 0.417 e. The van der Waals surface area contributed by atoms with Gasteiger partial charge in [-0.15, -0.1) is 0 Å². The Hall–Kier alpha value is -1.56. The zero-order chi connectivity index (χ0) is 17.1. The summed E-state index contributed by atoms with van der Waals surface area (Å²) in [5.74, 6) is -0.486. The number of nitrogens with zero attached hydrogens (tertiary/aromatic N) is 1. The van der Waals surface area contributed by atoms with E-state index in [9.17, 15) is 23.1 Å². The minimum atomic E-state index is -4.65.